The van der Waals surface area contributed by atoms with Crippen molar-refractivity contribution in [1.82, 2.24) is 0 Å². The first-order chi connectivity index (χ1) is 11.1. The average Bonchev–Trinajstić information content (AvgIpc) is 2.82. The van der Waals surface area contributed by atoms with Crippen LogP contribution < -0.4 is 5.32 Å². The molecule has 0 amide bonds. The van der Waals surface area contributed by atoms with Gasteiger partial charge in [-0.3, -0.25) is 0 Å². The summed E-state index contributed by atoms with van der Waals surface area (Å²) in [6, 6.07) is 3.34. The Bertz CT molecular complexity index is 787. The standard InChI is InChI=1S/C15H20N2O5S2/c1-5-24(20,21)9-6-7-11(18)10(8-9)16-14-17-12(13(19)22-4)15(2,3)23-14/h6-8,12,18H,5H2,1-4H3,(H,16,17)/t12-/m0/s1. The molecule has 2 N–H and O–H groups in total. The van der Waals surface area contributed by atoms with Gasteiger partial charge in [0.1, 0.15) is 5.75 Å². The van der Waals surface area contributed by atoms with Crippen molar-refractivity contribution in [3.63, 3.8) is 0 Å². The van der Waals surface area contributed by atoms with Gasteiger partial charge >= 0.3 is 5.97 Å². The summed E-state index contributed by atoms with van der Waals surface area (Å²) in [4.78, 5) is 16.2. The molecule has 1 aliphatic heterocycles. The number of phenols is 1. The second kappa shape index (κ2) is 6.64. The molecule has 0 unspecified atom stereocenters. The van der Waals surface area contributed by atoms with Gasteiger partial charge in [0.25, 0.3) is 0 Å². The normalized spacial score (nSPS) is 19.7. The second-order valence-corrected chi connectivity index (χ2v) is 9.69. The number of aromatic hydroxyl groups is 1. The molecule has 132 valence electrons. The highest BCUT2D eigenvalue weighted by molar-refractivity contribution is 8.15. The molecular weight excluding hydrogens is 352 g/mol. The van der Waals surface area contributed by atoms with E-state index in [1.165, 1.54) is 37.1 Å². The van der Waals surface area contributed by atoms with Gasteiger partial charge < -0.3 is 15.2 Å². The summed E-state index contributed by atoms with van der Waals surface area (Å²) in [5.41, 5.74) is 0.220. The van der Waals surface area contributed by atoms with Crippen molar-refractivity contribution in [2.75, 3.05) is 18.2 Å². The maximum Gasteiger partial charge on any atom is 0.332 e. The van der Waals surface area contributed by atoms with Gasteiger partial charge in [-0.2, -0.15) is 0 Å². The van der Waals surface area contributed by atoms with Gasteiger partial charge in [0.15, 0.2) is 21.0 Å². The number of methoxy groups -OCH3 is 1. The first-order valence-corrected chi connectivity index (χ1v) is 9.75. The zero-order chi connectivity index (χ0) is 18.1. The fourth-order valence-electron chi connectivity index (χ4n) is 2.20. The van der Waals surface area contributed by atoms with Gasteiger partial charge in [-0.1, -0.05) is 18.7 Å². The van der Waals surface area contributed by atoms with Crippen LogP contribution in [0.4, 0.5) is 5.69 Å². The van der Waals surface area contributed by atoms with Crippen LogP contribution in [0.1, 0.15) is 20.8 Å². The Morgan fingerprint density at radius 3 is 2.71 bits per heavy atom. The van der Waals surface area contributed by atoms with Crippen molar-refractivity contribution in [1.29, 1.82) is 0 Å². The first-order valence-electron chi connectivity index (χ1n) is 7.28. The lowest BCUT2D eigenvalue weighted by atomic mass is 10.0. The van der Waals surface area contributed by atoms with E-state index in [4.69, 9.17) is 4.74 Å². The molecule has 24 heavy (non-hydrogen) atoms. The fourth-order valence-corrected chi connectivity index (χ4v) is 4.18. The smallest absolute Gasteiger partial charge is 0.332 e. The summed E-state index contributed by atoms with van der Waals surface area (Å²) < 4.78 is 28.2. The van der Waals surface area contributed by atoms with E-state index in [0.29, 0.717) is 5.17 Å². The zero-order valence-electron chi connectivity index (χ0n) is 13.9. The van der Waals surface area contributed by atoms with E-state index in [1.54, 1.807) is 6.92 Å². The predicted octanol–water partition coefficient (Wildman–Crippen LogP) is 2.02. The maximum absolute atomic E-state index is 12.0. The summed E-state index contributed by atoms with van der Waals surface area (Å²) in [5, 5.41) is 13.3. The third-order valence-electron chi connectivity index (χ3n) is 3.64. The molecule has 0 fully saturated rings. The molecule has 2 rings (SSSR count). The average molecular weight is 372 g/mol. The van der Waals surface area contributed by atoms with Gasteiger partial charge in [0.2, 0.25) is 0 Å². The summed E-state index contributed by atoms with van der Waals surface area (Å²) in [6.07, 6.45) is 0. The molecule has 1 aromatic carbocycles. The van der Waals surface area contributed by atoms with Gasteiger partial charge in [0, 0.05) is 0 Å². The number of sulfone groups is 1. The summed E-state index contributed by atoms with van der Waals surface area (Å²) in [6.45, 7) is 5.26. The fraction of sp³-hybridized carbons (Fsp3) is 0.467. The van der Waals surface area contributed by atoms with Crippen molar-refractivity contribution < 1.29 is 23.1 Å². The number of aliphatic imine (C=N–C) groups is 1. The highest BCUT2D eigenvalue weighted by atomic mass is 32.2. The van der Waals surface area contributed by atoms with Crippen molar-refractivity contribution >= 4 is 38.4 Å². The number of nitrogens with zero attached hydrogens (tertiary/aromatic N) is 1. The monoisotopic (exact) mass is 372 g/mol. The van der Waals surface area contributed by atoms with Crippen LogP contribution in [0.5, 0.6) is 5.75 Å². The topological polar surface area (TPSA) is 105 Å². The molecule has 1 heterocycles. The van der Waals surface area contributed by atoms with Crippen molar-refractivity contribution in [2.24, 2.45) is 4.99 Å². The molecule has 0 bridgehead atoms. The Hall–Kier alpha value is -1.74. The lowest BCUT2D eigenvalue weighted by molar-refractivity contribution is -0.142. The van der Waals surface area contributed by atoms with Gasteiger partial charge in [-0.15, -0.1) is 0 Å². The molecule has 0 saturated heterocycles. The highest BCUT2D eigenvalue weighted by Crippen LogP contribution is 2.39. The minimum Gasteiger partial charge on any atom is -0.506 e. The number of nitrogens with one attached hydrogen (secondary N) is 1. The SMILES string of the molecule is CCS(=O)(=O)c1ccc(O)c(NC2=N[C@@H](C(=O)OC)C(C)(C)S2)c1. The third kappa shape index (κ3) is 3.67. The number of ether oxygens (including phenoxy) is 1. The molecule has 1 aliphatic rings. The summed E-state index contributed by atoms with van der Waals surface area (Å²) >= 11 is 1.32. The molecule has 0 radical (unpaired) electrons. The number of benzene rings is 1. The Morgan fingerprint density at radius 2 is 2.12 bits per heavy atom. The number of amidine groups is 1. The minimum absolute atomic E-state index is 0.0373. The highest BCUT2D eigenvalue weighted by Gasteiger charge is 2.43. The van der Waals surface area contributed by atoms with Crippen LogP contribution >= 0.6 is 11.8 Å². The van der Waals surface area contributed by atoms with Crippen molar-refractivity contribution in [3.8, 4) is 5.75 Å². The van der Waals surface area contributed by atoms with Crippen LogP contribution in [-0.4, -0.2) is 48.3 Å². The number of phenolic OH excluding ortho intramolecular Hbond substituents is 1. The zero-order valence-corrected chi connectivity index (χ0v) is 15.5. The molecule has 1 atom stereocenters. The van der Waals surface area contributed by atoms with E-state index in [-0.39, 0.29) is 22.1 Å². The number of thioether (sulfide) groups is 1. The third-order valence-corrected chi connectivity index (χ3v) is 6.52. The predicted molar refractivity (Wildman–Crippen MR) is 94.4 cm³/mol. The second-order valence-electron chi connectivity index (χ2n) is 5.77. The maximum atomic E-state index is 12.0. The van der Waals surface area contributed by atoms with Gasteiger partial charge in [-0.05, 0) is 32.0 Å². The Labute approximate surface area is 145 Å². The molecular formula is C15H20N2O5S2. The van der Waals surface area contributed by atoms with Crippen LogP contribution in [-0.2, 0) is 19.4 Å². The number of hydrogen-bond acceptors (Lipinski definition) is 8. The van der Waals surface area contributed by atoms with Crippen LogP contribution in [0, 0.1) is 0 Å². The molecule has 0 aromatic heterocycles. The molecule has 0 aliphatic carbocycles. The van der Waals surface area contributed by atoms with Crippen molar-refractivity contribution in [3.05, 3.63) is 18.2 Å². The van der Waals surface area contributed by atoms with E-state index in [1.807, 2.05) is 13.8 Å². The summed E-state index contributed by atoms with van der Waals surface area (Å²) in [7, 11) is -2.09. The number of rotatable bonds is 4. The lowest BCUT2D eigenvalue weighted by Crippen LogP contribution is -2.35. The van der Waals surface area contributed by atoms with E-state index in [9.17, 15) is 18.3 Å². The molecule has 9 heteroatoms. The molecule has 1 aromatic rings. The van der Waals surface area contributed by atoms with Crippen LogP contribution in [0.2, 0.25) is 0 Å². The van der Waals surface area contributed by atoms with E-state index >= 15 is 0 Å². The number of hydrogen-bond donors (Lipinski definition) is 2. The Morgan fingerprint density at radius 1 is 1.46 bits per heavy atom. The molecule has 0 saturated carbocycles. The first kappa shape index (κ1) is 18.6. The quantitative estimate of drug-likeness (QED) is 0.615. The number of carbonyl (C=O) groups excluding carboxylic acids is 1. The van der Waals surface area contributed by atoms with Gasteiger partial charge in [0.05, 0.1) is 28.2 Å². The number of anilines is 1. The Kier molecular flexibility index (Phi) is 5.14. The lowest BCUT2D eigenvalue weighted by Gasteiger charge is -2.21. The number of carbonyl (C=O) groups is 1. The van der Waals surface area contributed by atoms with Crippen LogP contribution in [0.3, 0.4) is 0 Å². The number of esters is 1. The Balaban J connectivity index is 2.32. The van der Waals surface area contributed by atoms with Crippen LogP contribution in [0.25, 0.3) is 0 Å². The van der Waals surface area contributed by atoms with E-state index in [0.717, 1.165) is 0 Å². The largest absolute Gasteiger partial charge is 0.506 e. The van der Waals surface area contributed by atoms with Crippen LogP contribution in [0.15, 0.2) is 28.1 Å². The van der Waals surface area contributed by atoms with E-state index in [2.05, 4.69) is 10.3 Å². The minimum atomic E-state index is -3.39. The summed E-state index contributed by atoms with van der Waals surface area (Å²) in [5.74, 6) is -0.590. The van der Waals surface area contributed by atoms with E-state index < -0.39 is 26.6 Å². The van der Waals surface area contributed by atoms with Gasteiger partial charge in [-0.25, -0.2) is 18.2 Å². The molecule has 7 nitrogen and oxygen atoms in total. The molecule has 0 spiro atoms. The van der Waals surface area contributed by atoms with Crippen molar-refractivity contribution in [2.45, 2.75) is 36.5 Å².